The van der Waals surface area contributed by atoms with E-state index in [9.17, 15) is 4.79 Å². The third-order valence-corrected chi connectivity index (χ3v) is 2.90. The number of para-hydroxylation sites is 1. The van der Waals surface area contributed by atoms with E-state index in [-0.39, 0.29) is 5.91 Å². The molecule has 2 rings (SSSR count). The van der Waals surface area contributed by atoms with Crippen LogP contribution in [-0.2, 0) is 0 Å². The van der Waals surface area contributed by atoms with Crippen LogP contribution in [0.3, 0.4) is 0 Å². The minimum atomic E-state index is -0.276. The highest BCUT2D eigenvalue weighted by Gasteiger charge is 2.14. The first-order chi connectivity index (χ1) is 10.2. The fourth-order valence-electron chi connectivity index (χ4n) is 1.90. The normalized spacial score (nSPS) is 9.95. The van der Waals surface area contributed by atoms with Crippen molar-refractivity contribution in [2.45, 2.75) is 0 Å². The maximum atomic E-state index is 12.1. The molecule has 0 fully saturated rings. The smallest absolute Gasteiger partial charge is 0.257 e. The second-order valence-corrected chi connectivity index (χ2v) is 4.34. The first-order valence-corrected chi connectivity index (χ1v) is 6.61. The van der Waals surface area contributed by atoms with Gasteiger partial charge in [0.2, 0.25) is 0 Å². The van der Waals surface area contributed by atoms with Crippen LogP contribution < -0.4 is 20.5 Å². The molecule has 0 spiro atoms. The van der Waals surface area contributed by atoms with Crippen LogP contribution in [0.4, 0.5) is 5.69 Å². The molecule has 0 atom stereocenters. The average molecular weight is 286 g/mol. The van der Waals surface area contributed by atoms with Crippen molar-refractivity contribution in [3.05, 3.63) is 54.1 Å². The topological polar surface area (TPSA) is 73.6 Å². The van der Waals surface area contributed by atoms with Gasteiger partial charge in [-0.2, -0.15) is 0 Å². The number of benzene rings is 2. The summed E-state index contributed by atoms with van der Waals surface area (Å²) in [5.74, 6) is 0.946. The zero-order valence-corrected chi connectivity index (χ0v) is 11.8. The third kappa shape index (κ3) is 3.89. The van der Waals surface area contributed by atoms with Gasteiger partial charge in [0.25, 0.3) is 5.91 Å². The number of rotatable bonds is 6. The molecular formula is C16H18N2O3. The van der Waals surface area contributed by atoms with Gasteiger partial charge >= 0.3 is 0 Å². The molecular weight excluding hydrogens is 268 g/mol. The zero-order chi connectivity index (χ0) is 15.1. The van der Waals surface area contributed by atoms with Crippen molar-refractivity contribution in [3.63, 3.8) is 0 Å². The van der Waals surface area contributed by atoms with E-state index in [1.807, 2.05) is 30.3 Å². The lowest BCUT2D eigenvalue weighted by Crippen LogP contribution is -2.29. The maximum Gasteiger partial charge on any atom is 0.257 e. The molecule has 0 aliphatic rings. The SMILES string of the molecule is COc1cccc(N)c1C(=O)NCCOc1ccccc1. The molecule has 0 saturated carbocycles. The quantitative estimate of drug-likeness (QED) is 0.630. The fraction of sp³-hybridized carbons (Fsp3) is 0.188. The Morgan fingerprint density at radius 3 is 2.62 bits per heavy atom. The van der Waals surface area contributed by atoms with Gasteiger partial charge in [0.1, 0.15) is 23.7 Å². The number of nitrogens with two attached hydrogens (primary N) is 1. The van der Waals surface area contributed by atoms with Gasteiger partial charge in [-0.3, -0.25) is 4.79 Å². The van der Waals surface area contributed by atoms with Crippen LogP contribution in [0.2, 0.25) is 0 Å². The van der Waals surface area contributed by atoms with Crippen molar-refractivity contribution in [2.75, 3.05) is 26.0 Å². The van der Waals surface area contributed by atoms with Crippen LogP contribution in [-0.4, -0.2) is 26.2 Å². The highest BCUT2D eigenvalue weighted by Crippen LogP contribution is 2.23. The van der Waals surface area contributed by atoms with E-state index in [2.05, 4.69) is 5.32 Å². The van der Waals surface area contributed by atoms with E-state index < -0.39 is 0 Å². The van der Waals surface area contributed by atoms with Gasteiger partial charge in [0.15, 0.2) is 0 Å². The average Bonchev–Trinajstić information content (AvgIpc) is 2.52. The molecule has 0 saturated heterocycles. The Hall–Kier alpha value is -2.69. The molecule has 21 heavy (non-hydrogen) atoms. The number of carbonyl (C=O) groups excluding carboxylic acids is 1. The Morgan fingerprint density at radius 1 is 1.14 bits per heavy atom. The predicted octanol–water partition coefficient (Wildman–Crippen LogP) is 2.09. The number of hydrogen-bond acceptors (Lipinski definition) is 4. The van der Waals surface area contributed by atoms with Crippen molar-refractivity contribution in [2.24, 2.45) is 0 Å². The highest BCUT2D eigenvalue weighted by molar-refractivity contribution is 6.01. The molecule has 0 unspecified atom stereocenters. The number of ether oxygens (including phenoxy) is 2. The summed E-state index contributed by atoms with van der Waals surface area (Å²) in [6, 6.07) is 14.5. The molecule has 0 radical (unpaired) electrons. The monoisotopic (exact) mass is 286 g/mol. The molecule has 1 amide bonds. The van der Waals surface area contributed by atoms with Crippen LogP contribution in [0.25, 0.3) is 0 Å². The Balaban J connectivity index is 1.88. The Morgan fingerprint density at radius 2 is 1.90 bits per heavy atom. The lowest BCUT2D eigenvalue weighted by atomic mass is 10.1. The molecule has 0 aliphatic heterocycles. The van der Waals surface area contributed by atoms with Gasteiger partial charge < -0.3 is 20.5 Å². The predicted molar refractivity (Wildman–Crippen MR) is 81.7 cm³/mol. The highest BCUT2D eigenvalue weighted by atomic mass is 16.5. The van der Waals surface area contributed by atoms with E-state index in [4.69, 9.17) is 15.2 Å². The van der Waals surface area contributed by atoms with Gasteiger partial charge in [0, 0.05) is 5.69 Å². The number of methoxy groups -OCH3 is 1. The molecule has 0 aliphatic carbocycles. The van der Waals surface area contributed by atoms with Crippen LogP contribution in [0, 0.1) is 0 Å². The van der Waals surface area contributed by atoms with E-state index in [1.165, 1.54) is 7.11 Å². The third-order valence-electron chi connectivity index (χ3n) is 2.90. The lowest BCUT2D eigenvalue weighted by molar-refractivity contribution is 0.0945. The van der Waals surface area contributed by atoms with Gasteiger partial charge in [-0.1, -0.05) is 24.3 Å². The molecule has 5 nitrogen and oxygen atoms in total. The summed E-state index contributed by atoms with van der Waals surface area (Å²) in [7, 11) is 1.50. The molecule has 0 bridgehead atoms. The molecule has 0 heterocycles. The van der Waals surface area contributed by atoms with Gasteiger partial charge in [-0.05, 0) is 24.3 Å². The number of nitrogen functional groups attached to an aromatic ring is 1. The van der Waals surface area contributed by atoms with E-state index in [0.717, 1.165) is 5.75 Å². The molecule has 5 heteroatoms. The minimum Gasteiger partial charge on any atom is -0.496 e. The van der Waals surface area contributed by atoms with Crippen LogP contribution >= 0.6 is 0 Å². The van der Waals surface area contributed by atoms with Gasteiger partial charge in [0.05, 0.1) is 13.7 Å². The van der Waals surface area contributed by atoms with Crippen LogP contribution in [0.5, 0.6) is 11.5 Å². The molecule has 2 aromatic rings. The van der Waals surface area contributed by atoms with Crippen LogP contribution in [0.15, 0.2) is 48.5 Å². The molecule has 110 valence electrons. The van der Waals surface area contributed by atoms with Crippen molar-refractivity contribution in [1.82, 2.24) is 5.32 Å². The van der Waals surface area contributed by atoms with Crippen molar-refractivity contribution in [3.8, 4) is 11.5 Å². The first-order valence-electron chi connectivity index (χ1n) is 6.61. The van der Waals surface area contributed by atoms with E-state index in [0.29, 0.717) is 30.2 Å². The largest absolute Gasteiger partial charge is 0.496 e. The Bertz CT molecular complexity index is 600. The summed E-state index contributed by atoms with van der Waals surface area (Å²) in [5.41, 5.74) is 6.55. The molecule has 3 N–H and O–H groups in total. The summed E-state index contributed by atoms with van der Waals surface area (Å²) in [4.78, 5) is 12.1. The second-order valence-electron chi connectivity index (χ2n) is 4.34. The van der Waals surface area contributed by atoms with Crippen LogP contribution in [0.1, 0.15) is 10.4 Å². The Labute approximate surface area is 123 Å². The lowest BCUT2D eigenvalue weighted by Gasteiger charge is -2.12. The standard InChI is InChI=1S/C16H18N2O3/c1-20-14-9-5-8-13(17)15(14)16(19)18-10-11-21-12-6-3-2-4-7-12/h2-9H,10-11,17H2,1H3,(H,18,19). The number of amides is 1. The maximum absolute atomic E-state index is 12.1. The van der Waals surface area contributed by atoms with Crippen molar-refractivity contribution >= 4 is 11.6 Å². The molecule has 2 aromatic carbocycles. The van der Waals surface area contributed by atoms with Gasteiger partial charge in [-0.25, -0.2) is 0 Å². The van der Waals surface area contributed by atoms with E-state index in [1.54, 1.807) is 18.2 Å². The van der Waals surface area contributed by atoms with E-state index >= 15 is 0 Å². The van der Waals surface area contributed by atoms with Crippen molar-refractivity contribution in [1.29, 1.82) is 0 Å². The number of anilines is 1. The number of hydrogen-bond donors (Lipinski definition) is 2. The summed E-state index contributed by atoms with van der Waals surface area (Å²) in [6.45, 7) is 0.760. The summed E-state index contributed by atoms with van der Waals surface area (Å²) >= 11 is 0. The zero-order valence-electron chi connectivity index (χ0n) is 11.8. The van der Waals surface area contributed by atoms with Gasteiger partial charge in [-0.15, -0.1) is 0 Å². The summed E-state index contributed by atoms with van der Waals surface area (Å²) < 4.78 is 10.7. The number of carbonyl (C=O) groups is 1. The molecule has 0 aromatic heterocycles. The van der Waals surface area contributed by atoms with Crippen molar-refractivity contribution < 1.29 is 14.3 Å². The summed E-state index contributed by atoms with van der Waals surface area (Å²) in [6.07, 6.45) is 0. The minimum absolute atomic E-state index is 0.276. The Kier molecular flexibility index (Phi) is 5.04. The first kappa shape index (κ1) is 14.7. The fourth-order valence-corrected chi connectivity index (χ4v) is 1.90. The second kappa shape index (κ2) is 7.19. The summed E-state index contributed by atoms with van der Waals surface area (Å²) in [5, 5.41) is 2.76. The number of nitrogens with one attached hydrogen (secondary N) is 1.